The number of nitrogens with zero attached hydrogens (tertiary/aromatic N) is 12. The van der Waals surface area contributed by atoms with E-state index in [2.05, 4.69) is 159 Å². The van der Waals surface area contributed by atoms with E-state index in [1.165, 1.54) is 54.5 Å². The molecule has 1 saturated carbocycles. The van der Waals surface area contributed by atoms with Crippen LogP contribution in [0.5, 0.6) is 0 Å². The zero-order valence-electron chi connectivity index (χ0n) is 40.4. The zero-order valence-corrected chi connectivity index (χ0v) is 42.1. The lowest BCUT2D eigenvalue weighted by atomic mass is 9.91. The normalized spacial score (nSPS) is 14.9. The number of hydrogen-bond donors (Lipinski definition) is 3. The van der Waals surface area contributed by atoms with Crippen molar-refractivity contribution in [2.45, 2.75) is 77.4 Å². The average Bonchev–Trinajstić information content (AvgIpc) is 3.90. The summed E-state index contributed by atoms with van der Waals surface area (Å²) in [4.78, 5) is 38.7. The minimum absolute atomic E-state index is 0.131. The van der Waals surface area contributed by atoms with Gasteiger partial charge in [0.25, 0.3) is 5.89 Å². The molecule has 0 amide bonds. The smallest absolute Gasteiger partial charge is 0.257 e. The molecule has 1 aliphatic carbocycles. The zero-order chi connectivity index (χ0) is 48.8. The molecule has 3 unspecified atom stereocenters. The third-order valence-electron chi connectivity index (χ3n) is 13.0. The standard InChI is InChI=1S/C19H21N5O.C18H20N4S.C16H14N6S/c1-11-12(2)20-10-21-17(11)22-13(3)14-4-8-16(9-5-14)19-23-18(24-25-19)15-6-7-15;1-12(21-17-16-7-8-23-18(16)20-11-19-17)13-3-5-14(6-4-13)15-9-22(2)10-15;1-11(21-15-14-6-7-23-16(14)19-9-18-15)12-2-4-13(5-3-12)22-10-17-8-20-22/h4-5,8-10,13,15H,6-7H2,1-3H3,(H,20,21,22);3-8,11-12,15H,9-10H2,1-2H3,(H,19,20,21);2-11H,1H3,(H,18,19,21). The second-order valence-corrected chi connectivity index (χ2v) is 19.9. The highest BCUT2D eigenvalue weighted by Gasteiger charge is 2.29. The molecule has 3 N–H and O–H groups in total. The van der Waals surface area contributed by atoms with E-state index in [1.54, 1.807) is 52.7 Å². The SMILES string of the molecule is CC(Nc1ncnc2sccc12)c1ccc(-n2cncn2)cc1.CC(Nc1ncnc2sccc12)c1ccc(C2CN(C)C2)cc1.Cc1ncnc(NC(C)c2ccc(-c3nc(C4CC4)no3)cc2)c1C. The van der Waals surface area contributed by atoms with Gasteiger partial charge in [0.2, 0.25) is 0 Å². The van der Waals surface area contributed by atoms with Crippen molar-refractivity contribution in [3.63, 3.8) is 0 Å². The van der Waals surface area contributed by atoms with Crippen LogP contribution in [0.1, 0.15) is 103 Å². The van der Waals surface area contributed by atoms with Crippen LogP contribution >= 0.6 is 22.7 Å². The summed E-state index contributed by atoms with van der Waals surface area (Å²) in [7, 11) is 2.17. The summed E-state index contributed by atoms with van der Waals surface area (Å²) >= 11 is 3.26. The average molecular weight is 982 g/mol. The Labute approximate surface area is 420 Å². The predicted molar refractivity (Wildman–Crippen MR) is 282 cm³/mol. The largest absolute Gasteiger partial charge is 0.363 e. The van der Waals surface area contributed by atoms with Gasteiger partial charge in [0.05, 0.1) is 16.5 Å². The molecule has 360 valence electrons. The van der Waals surface area contributed by atoms with Gasteiger partial charge in [-0.2, -0.15) is 10.1 Å². The van der Waals surface area contributed by atoms with E-state index >= 15 is 0 Å². The Morgan fingerprint density at radius 1 is 0.606 bits per heavy atom. The third kappa shape index (κ3) is 11.1. The molecule has 0 spiro atoms. The molecule has 3 aromatic carbocycles. The van der Waals surface area contributed by atoms with E-state index < -0.39 is 0 Å². The first kappa shape index (κ1) is 47.2. The van der Waals surface area contributed by atoms with Gasteiger partial charge in [0, 0.05) is 59.9 Å². The lowest BCUT2D eigenvalue weighted by Crippen LogP contribution is -2.41. The highest BCUT2D eigenvalue weighted by Crippen LogP contribution is 2.39. The summed E-state index contributed by atoms with van der Waals surface area (Å²) in [5.74, 6) is 5.28. The van der Waals surface area contributed by atoms with Gasteiger partial charge < -0.3 is 25.4 Å². The topological polar surface area (TPSA) is 186 Å². The number of likely N-dealkylation sites (tertiary alicyclic amines) is 1. The molecule has 7 aromatic heterocycles. The van der Waals surface area contributed by atoms with Crippen molar-refractivity contribution in [2.24, 2.45) is 0 Å². The molecule has 3 atom stereocenters. The van der Waals surface area contributed by atoms with Crippen molar-refractivity contribution in [3.05, 3.63) is 167 Å². The molecule has 12 rings (SSSR count). The molecule has 2 aliphatic rings. The molecule has 2 fully saturated rings. The highest BCUT2D eigenvalue weighted by atomic mass is 32.1. The lowest BCUT2D eigenvalue weighted by molar-refractivity contribution is 0.190. The van der Waals surface area contributed by atoms with Gasteiger partial charge in [-0.25, -0.2) is 39.6 Å². The summed E-state index contributed by atoms with van der Waals surface area (Å²) in [6.45, 7) is 12.8. The lowest BCUT2D eigenvalue weighted by Gasteiger charge is -2.36. The number of fused-ring (bicyclic) bond motifs is 2. The van der Waals surface area contributed by atoms with Crippen molar-refractivity contribution in [1.29, 1.82) is 0 Å². The van der Waals surface area contributed by atoms with E-state index in [1.807, 2.05) is 49.6 Å². The minimum Gasteiger partial charge on any atom is -0.363 e. The van der Waals surface area contributed by atoms with Crippen LogP contribution in [-0.4, -0.2) is 79.8 Å². The van der Waals surface area contributed by atoms with Crippen LogP contribution in [0, 0.1) is 13.8 Å². The Hall–Kier alpha value is -7.54. The fourth-order valence-electron chi connectivity index (χ4n) is 8.36. The number of aryl methyl sites for hydroxylation is 1. The van der Waals surface area contributed by atoms with Gasteiger partial charge >= 0.3 is 0 Å². The summed E-state index contributed by atoms with van der Waals surface area (Å²) in [6.07, 6.45) is 10.4. The number of anilines is 3. The molecule has 16 nitrogen and oxygen atoms in total. The molecule has 0 bridgehead atoms. The van der Waals surface area contributed by atoms with Crippen molar-refractivity contribution < 1.29 is 4.52 Å². The molecule has 8 heterocycles. The first-order valence-electron chi connectivity index (χ1n) is 23.7. The number of likely N-dealkylation sites (N-methyl/N-ethyl adjacent to an activating group) is 1. The Morgan fingerprint density at radius 2 is 1.14 bits per heavy atom. The van der Waals surface area contributed by atoms with Crippen LogP contribution in [0.4, 0.5) is 17.5 Å². The maximum absolute atomic E-state index is 5.38. The second-order valence-electron chi connectivity index (χ2n) is 18.1. The van der Waals surface area contributed by atoms with E-state index in [0.29, 0.717) is 17.7 Å². The number of nitrogens with one attached hydrogen (secondary N) is 3. The van der Waals surface area contributed by atoms with Crippen molar-refractivity contribution in [1.82, 2.24) is 59.7 Å². The van der Waals surface area contributed by atoms with E-state index in [-0.39, 0.29) is 18.1 Å². The number of aromatic nitrogens is 11. The molecule has 71 heavy (non-hydrogen) atoms. The predicted octanol–water partition coefficient (Wildman–Crippen LogP) is 11.5. The summed E-state index contributed by atoms with van der Waals surface area (Å²) in [6, 6.07) is 30.0. The summed E-state index contributed by atoms with van der Waals surface area (Å²) < 4.78 is 7.12. The molecular formula is C53H55N15OS2. The molecule has 18 heteroatoms. The van der Waals surface area contributed by atoms with Gasteiger partial charge in [-0.3, -0.25) is 0 Å². The van der Waals surface area contributed by atoms with Crippen LogP contribution in [0.3, 0.4) is 0 Å². The van der Waals surface area contributed by atoms with Crippen LogP contribution in [0.2, 0.25) is 0 Å². The summed E-state index contributed by atoms with van der Waals surface area (Å²) in [5, 5.41) is 24.9. The number of thiophene rings is 2. The first-order chi connectivity index (χ1) is 34.6. The van der Waals surface area contributed by atoms with E-state index in [0.717, 1.165) is 66.2 Å². The van der Waals surface area contributed by atoms with Gasteiger partial charge in [0.15, 0.2) is 5.82 Å². The summed E-state index contributed by atoms with van der Waals surface area (Å²) in [5.41, 5.74) is 9.07. The Kier molecular flexibility index (Phi) is 14.1. The van der Waals surface area contributed by atoms with Gasteiger partial charge in [-0.15, -0.1) is 22.7 Å². The van der Waals surface area contributed by atoms with Gasteiger partial charge in [-0.05, 0) is 124 Å². The second kappa shape index (κ2) is 21.2. The van der Waals surface area contributed by atoms with E-state index in [4.69, 9.17) is 4.52 Å². The van der Waals surface area contributed by atoms with Crippen molar-refractivity contribution in [2.75, 3.05) is 36.1 Å². The third-order valence-corrected chi connectivity index (χ3v) is 14.7. The monoisotopic (exact) mass is 981 g/mol. The molecule has 0 radical (unpaired) electrons. The Morgan fingerprint density at radius 3 is 1.69 bits per heavy atom. The fraction of sp³-hybridized carbons (Fsp3) is 0.283. The van der Waals surface area contributed by atoms with Crippen LogP contribution in [0.15, 0.2) is 132 Å². The Bertz CT molecular complexity index is 3310. The molecule has 1 saturated heterocycles. The number of benzene rings is 3. The maximum atomic E-state index is 5.38. The quantitative estimate of drug-likeness (QED) is 0.0990. The van der Waals surface area contributed by atoms with E-state index in [9.17, 15) is 0 Å². The maximum Gasteiger partial charge on any atom is 0.257 e. The number of rotatable bonds is 13. The highest BCUT2D eigenvalue weighted by molar-refractivity contribution is 7.17. The van der Waals surface area contributed by atoms with Crippen molar-refractivity contribution in [3.8, 4) is 17.1 Å². The minimum atomic E-state index is 0.131. The van der Waals surface area contributed by atoms with Gasteiger partial charge in [-0.1, -0.05) is 53.7 Å². The van der Waals surface area contributed by atoms with Crippen LogP contribution < -0.4 is 16.0 Å². The van der Waals surface area contributed by atoms with Crippen LogP contribution in [-0.2, 0) is 0 Å². The Balaban J connectivity index is 0.000000123. The van der Waals surface area contributed by atoms with Gasteiger partial charge in [0.1, 0.15) is 58.8 Å². The van der Waals surface area contributed by atoms with Crippen LogP contribution in [0.25, 0.3) is 37.6 Å². The fourth-order valence-corrected chi connectivity index (χ4v) is 9.82. The molecule has 1 aliphatic heterocycles. The number of hydrogen-bond acceptors (Lipinski definition) is 17. The molecule has 10 aromatic rings. The first-order valence-corrected chi connectivity index (χ1v) is 25.5. The molecular weight excluding hydrogens is 927 g/mol. The van der Waals surface area contributed by atoms with Crippen molar-refractivity contribution >= 4 is 60.6 Å².